The molecule has 0 saturated heterocycles. The Kier molecular flexibility index (Phi) is 3.62. The molecule has 1 heteroatoms. The third kappa shape index (κ3) is 3.40. The van der Waals surface area contributed by atoms with Crippen LogP contribution in [0.4, 0.5) is 0 Å². The van der Waals surface area contributed by atoms with Gasteiger partial charge in [0, 0.05) is 12.9 Å². The van der Waals surface area contributed by atoms with Gasteiger partial charge >= 0.3 is 0 Å². The molecule has 0 unspecified atom stereocenters. The minimum atomic E-state index is -2.31. The van der Waals surface area contributed by atoms with E-state index in [0.717, 1.165) is 27.6 Å². The Morgan fingerprint density at radius 2 is 1.93 bits per heavy atom. The van der Waals surface area contributed by atoms with E-state index in [4.69, 9.17) is 6.85 Å². The van der Waals surface area contributed by atoms with Gasteiger partial charge in [-0.15, -0.1) is 0 Å². The summed E-state index contributed by atoms with van der Waals surface area (Å²) in [6.45, 7) is 1.08. The Bertz CT molecular complexity index is 1150. The van der Waals surface area contributed by atoms with Gasteiger partial charge in [0.05, 0.1) is 10.9 Å². The molecule has 0 radical (unpaired) electrons. The summed E-state index contributed by atoms with van der Waals surface area (Å²) in [4.78, 5) is 0. The highest BCUT2D eigenvalue weighted by Crippen LogP contribution is 2.36. The molecule has 0 atom stereocenters. The summed E-state index contributed by atoms with van der Waals surface area (Å²) in [7, 11) is 1.96. The summed E-state index contributed by atoms with van der Waals surface area (Å²) in [5, 5.41) is 2.20. The Balaban J connectivity index is 1.95. The van der Waals surface area contributed by atoms with Gasteiger partial charge in [-0.25, -0.2) is 4.57 Å². The van der Waals surface area contributed by atoms with Gasteiger partial charge in [0.25, 0.3) is 0 Å². The molecule has 1 saturated carbocycles. The van der Waals surface area contributed by atoms with Crippen molar-refractivity contribution in [1.29, 1.82) is 0 Å². The number of benzene rings is 2. The third-order valence-electron chi connectivity index (χ3n) is 6.17. The first-order valence-electron chi connectivity index (χ1n) is 12.5. The number of aromatic nitrogens is 1. The largest absolute Gasteiger partial charge is 0.220 e. The van der Waals surface area contributed by atoms with Crippen LogP contribution in [0.25, 0.3) is 22.0 Å². The van der Waals surface area contributed by atoms with E-state index < -0.39 is 13.2 Å². The van der Waals surface area contributed by atoms with Crippen molar-refractivity contribution in [3.8, 4) is 11.3 Å². The van der Waals surface area contributed by atoms with Crippen molar-refractivity contribution in [2.24, 2.45) is 7.05 Å². The molecule has 1 aromatic heterocycles. The van der Waals surface area contributed by atoms with Crippen molar-refractivity contribution in [1.82, 2.24) is 0 Å². The number of fused-ring (bicyclic) bond motifs is 1. The molecule has 0 N–H and O–H groups in total. The van der Waals surface area contributed by atoms with Crippen LogP contribution in [0.1, 0.15) is 74.1 Å². The van der Waals surface area contributed by atoms with E-state index in [2.05, 4.69) is 24.3 Å². The second-order valence-corrected chi connectivity index (χ2v) is 7.90. The van der Waals surface area contributed by atoms with Crippen LogP contribution in [-0.2, 0) is 13.4 Å². The fourth-order valence-corrected chi connectivity index (χ4v) is 4.64. The molecule has 1 fully saturated rings. The van der Waals surface area contributed by atoms with Crippen LogP contribution in [-0.4, -0.2) is 0 Å². The normalized spacial score (nSPS) is 19.1. The second kappa shape index (κ2) is 7.46. The van der Waals surface area contributed by atoms with Crippen molar-refractivity contribution >= 4 is 10.8 Å². The van der Waals surface area contributed by atoms with Gasteiger partial charge in [0.15, 0.2) is 6.20 Å². The predicted octanol–water partition coefficient (Wildman–Crippen LogP) is 6.56. The number of aryl methyl sites for hydroxylation is 3. The number of rotatable bonds is 3. The summed E-state index contributed by atoms with van der Waals surface area (Å²) < 4.78 is 42.5. The van der Waals surface area contributed by atoms with Gasteiger partial charge in [-0.05, 0) is 78.7 Å². The first-order chi connectivity index (χ1) is 15.0. The Morgan fingerprint density at radius 1 is 1.11 bits per heavy atom. The van der Waals surface area contributed by atoms with E-state index in [9.17, 15) is 0 Å². The molecule has 0 spiro atoms. The SMILES string of the molecule is [2H]C([2H])([2H])c1cc(-c2c3ccc(C4CCCCC4)cc3cc[n+]2C)c(C)c(C([2H])([2H])C)c1. The summed E-state index contributed by atoms with van der Waals surface area (Å²) in [6, 6.07) is 12.0. The van der Waals surface area contributed by atoms with Gasteiger partial charge in [-0.2, -0.15) is 0 Å². The standard InChI is InChI=1S/C26H32N/c1-5-20-15-18(2)16-25(19(20)3)26-24-12-11-22(21-9-7-6-8-10-21)17-23(24)13-14-27(26)4/h11-17,21H,5-10H2,1-4H3/q+1/i2D3,5D2. The molecular weight excluding hydrogens is 326 g/mol. The lowest BCUT2D eigenvalue weighted by Crippen LogP contribution is -2.31. The highest BCUT2D eigenvalue weighted by atomic mass is 14.9. The molecule has 140 valence electrons. The molecule has 0 aliphatic heterocycles. The number of pyridine rings is 1. The molecule has 27 heavy (non-hydrogen) atoms. The zero-order valence-electron chi connectivity index (χ0n) is 21.6. The third-order valence-corrected chi connectivity index (χ3v) is 6.17. The molecule has 1 aliphatic rings. The highest BCUT2D eigenvalue weighted by molar-refractivity contribution is 5.94. The van der Waals surface area contributed by atoms with E-state index in [1.54, 1.807) is 6.07 Å². The number of hydrogen-bond acceptors (Lipinski definition) is 0. The molecule has 4 rings (SSSR count). The van der Waals surface area contributed by atoms with Gasteiger partial charge in [0.1, 0.15) is 7.05 Å². The van der Waals surface area contributed by atoms with Gasteiger partial charge in [-0.1, -0.05) is 44.4 Å². The molecule has 1 heterocycles. The van der Waals surface area contributed by atoms with E-state index in [0.29, 0.717) is 11.5 Å². The van der Waals surface area contributed by atoms with Crippen molar-refractivity contribution < 1.29 is 11.4 Å². The molecule has 1 aliphatic carbocycles. The lowest BCUT2D eigenvalue weighted by molar-refractivity contribution is -0.659. The molecule has 2 aromatic carbocycles. The Labute approximate surface area is 171 Å². The van der Waals surface area contributed by atoms with Crippen LogP contribution in [0, 0.1) is 13.8 Å². The lowest BCUT2D eigenvalue weighted by atomic mass is 9.83. The monoisotopic (exact) mass is 363 g/mol. The molecule has 3 aromatic rings. The van der Waals surface area contributed by atoms with Gasteiger partial charge < -0.3 is 0 Å². The van der Waals surface area contributed by atoms with Gasteiger partial charge in [0.2, 0.25) is 5.69 Å². The Hall–Kier alpha value is -2.15. The van der Waals surface area contributed by atoms with Crippen LogP contribution in [0.5, 0.6) is 0 Å². The van der Waals surface area contributed by atoms with Crippen LogP contribution in [0.3, 0.4) is 0 Å². The summed E-state index contributed by atoms with van der Waals surface area (Å²) in [6.07, 6.45) is 6.78. The smallest absolute Gasteiger partial charge is 0.200 e. The average molecular weight is 364 g/mol. The highest BCUT2D eigenvalue weighted by Gasteiger charge is 2.21. The minimum Gasteiger partial charge on any atom is -0.200 e. The maximum Gasteiger partial charge on any atom is 0.220 e. The van der Waals surface area contributed by atoms with E-state index in [-0.39, 0.29) is 5.56 Å². The zero-order valence-corrected chi connectivity index (χ0v) is 16.6. The molecule has 0 bridgehead atoms. The maximum absolute atomic E-state index is 8.31. The first-order valence-corrected chi connectivity index (χ1v) is 10.0. The van der Waals surface area contributed by atoms with Gasteiger partial charge in [-0.3, -0.25) is 0 Å². The molecular formula is C26H32N+. The summed E-state index contributed by atoms with van der Waals surface area (Å²) in [5.74, 6) is 0.616. The minimum absolute atomic E-state index is 0.176. The van der Waals surface area contributed by atoms with Crippen LogP contribution in [0.2, 0.25) is 0 Å². The fourth-order valence-electron chi connectivity index (χ4n) is 4.64. The summed E-state index contributed by atoms with van der Waals surface area (Å²) in [5.41, 5.74) is 4.47. The topological polar surface area (TPSA) is 3.88 Å². The van der Waals surface area contributed by atoms with Crippen molar-refractivity contribution in [2.75, 3.05) is 0 Å². The molecule has 0 amide bonds. The predicted molar refractivity (Wildman–Crippen MR) is 115 cm³/mol. The second-order valence-electron chi connectivity index (χ2n) is 7.90. The van der Waals surface area contributed by atoms with Crippen molar-refractivity contribution in [2.45, 2.75) is 65.1 Å². The lowest BCUT2D eigenvalue weighted by Gasteiger charge is -2.22. The number of hydrogen-bond donors (Lipinski definition) is 0. The van der Waals surface area contributed by atoms with E-state index in [1.807, 2.05) is 24.7 Å². The van der Waals surface area contributed by atoms with Crippen LogP contribution < -0.4 is 4.57 Å². The Morgan fingerprint density at radius 3 is 2.67 bits per heavy atom. The first kappa shape index (κ1) is 13.1. The van der Waals surface area contributed by atoms with E-state index >= 15 is 0 Å². The quantitative estimate of drug-likeness (QED) is 0.464. The summed E-state index contributed by atoms with van der Waals surface area (Å²) >= 11 is 0. The number of nitrogens with zero attached hydrogens (tertiary/aromatic N) is 1. The van der Waals surface area contributed by atoms with Crippen LogP contribution in [0.15, 0.2) is 42.6 Å². The van der Waals surface area contributed by atoms with Crippen LogP contribution >= 0.6 is 0 Å². The van der Waals surface area contributed by atoms with E-state index in [1.165, 1.54) is 50.7 Å². The fraction of sp³-hybridized carbons (Fsp3) is 0.423. The maximum atomic E-state index is 8.31. The van der Waals surface area contributed by atoms with Crippen molar-refractivity contribution in [3.05, 3.63) is 64.8 Å². The van der Waals surface area contributed by atoms with Crippen molar-refractivity contribution in [3.63, 3.8) is 0 Å². The molecule has 1 nitrogen and oxygen atoms in total. The zero-order chi connectivity index (χ0) is 23.3. The average Bonchev–Trinajstić information content (AvgIpc) is 2.73.